The fourth-order valence-electron chi connectivity index (χ4n) is 4.14. The molecule has 9 nitrogen and oxygen atoms in total. The molecule has 0 aliphatic rings. The van der Waals surface area contributed by atoms with Gasteiger partial charge in [-0.05, 0) is 70.5 Å². The predicted octanol–water partition coefficient (Wildman–Crippen LogP) is 4.22. The Bertz CT molecular complexity index is 1260. The van der Waals surface area contributed by atoms with Gasteiger partial charge in [0.2, 0.25) is 5.76 Å². The fourth-order valence-corrected chi connectivity index (χ4v) is 4.14. The Balaban J connectivity index is 1.51. The maximum absolute atomic E-state index is 12.1. The molecule has 2 aromatic carbocycles. The average Bonchev–Trinajstić information content (AvgIpc) is 3.37. The van der Waals surface area contributed by atoms with Crippen LogP contribution >= 0.6 is 0 Å². The van der Waals surface area contributed by atoms with E-state index in [-0.39, 0.29) is 34.6 Å². The number of hydrogen-bond donors (Lipinski definition) is 2. The largest absolute Gasteiger partial charge is 0.484 e. The molecule has 3 rings (SSSR count). The van der Waals surface area contributed by atoms with Crippen molar-refractivity contribution in [3.63, 3.8) is 0 Å². The van der Waals surface area contributed by atoms with E-state index >= 15 is 0 Å². The minimum absolute atomic E-state index is 0.000552. The fraction of sp³-hybridized carbons (Fsp3) is 0.321. The molecule has 3 aromatic rings. The summed E-state index contributed by atoms with van der Waals surface area (Å²) in [5, 5.41) is 5.55. The first kappa shape index (κ1) is 27.3. The Morgan fingerprint density at radius 1 is 1.05 bits per heavy atom. The van der Waals surface area contributed by atoms with Gasteiger partial charge in [0.05, 0.1) is 6.26 Å². The highest BCUT2D eigenvalue weighted by Gasteiger charge is 2.27. The monoisotopic (exact) mass is 506 g/mol. The van der Waals surface area contributed by atoms with Crippen molar-refractivity contribution in [2.45, 2.75) is 46.5 Å². The summed E-state index contributed by atoms with van der Waals surface area (Å²) in [7, 11) is 0. The van der Waals surface area contributed by atoms with Gasteiger partial charge >= 0.3 is 11.9 Å². The van der Waals surface area contributed by atoms with Crippen LogP contribution in [0.3, 0.4) is 0 Å². The van der Waals surface area contributed by atoms with E-state index < -0.39 is 11.9 Å². The molecule has 0 aliphatic heterocycles. The van der Waals surface area contributed by atoms with Gasteiger partial charge in [0.15, 0.2) is 24.3 Å². The number of hydrogen-bond acceptors (Lipinski definition) is 7. The van der Waals surface area contributed by atoms with Gasteiger partial charge < -0.3 is 13.9 Å². The lowest BCUT2D eigenvalue weighted by atomic mass is 9.72. The molecule has 0 unspecified atom stereocenters. The molecule has 9 heteroatoms. The molecule has 1 aromatic heterocycles. The number of hydrazone groups is 1. The third kappa shape index (κ3) is 8.13. The highest BCUT2D eigenvalue weighted by atomic mass is 16.5. The van der Waals surface area contributed by atoms with Gasteiger partial charge in [0, 0.05) is 5.56 Å². The summed E-state index contributed by atoms with van der Waals surface area (Å²) < 4.78 is 15.7. The van der Waals surface area contributed by atoms with Crippen molar-refractivity contribution in [1.82, 2.24) is 5.43 Å². The van der Waals surface area contributed by atoms with Crippen LogP contribution in [-0.4, -0.2) is 24.7 Å². The zero-order chi connectivity index (χ0) is 27.1. The summed E-state index contributed by atoms with van der Waals surface area (Å²) >= 11 is 0. The van der Waals surface area contributed by atoms with Crippen LogP contribution in [0, 0.1) is 10.3 Å². The first-order valence-electron chi connectivity index (χ1n) is 11.8. The van der Waals surface area contributed by atoms with Gasteiger partial charge in [0.25, 0.3) is 0 Å². The van der Waals surface area contributed by atoms with E-state index in [2.05, 4.69) is 50.3 Å². The van der Waals surface area contributed by atoms with E-state index in [1.54, 1.807) is 12.1 Å². The van der Waals surface area contributed by atoms with Gasteiger partial charge in [-0.1, -0.05) is 46.8 Å². The maximum Gasteiger partial charge on any atom is 0.379 e. The van der Waals surface area contributed by atoms with E-state index in [1.165, 1.54) is 36.2 Å². The summed E-state index contributed by atoms with van der Waals surface area (Å²) in [5.74, 6) is -0.569. The molecule has 0 atom stereocenters. The molecule has 194 valence electrons. The smallest absolute Gasteiger partial charge is 0.379 e. The van der Waals surface area contributed by atoms with E-state index in [9.17, 15) is 14.5 Å². The Labute approximate surface area is 215 Å². The van der Waals surface area contributed by atoms with Crippen molar-refractivity contribution in [3.8, 4) is 11.5 Å². The topological polar surface area (TPSA) is 121 Å². The second kappa shape index (κ2) is 11.6. The lowest BCUT2D eigenvalue weighted by Gasteiger charge is -2.33. The maximum atomic E-state index is 12.1. The third-order valence-electron chi connectivity index (χ3n) is 5.43. The molecule has 0 fully saturated rings. The number of esters is 1. The number of nitrogens with zero attached hydrogens (tertiary/aromatic N) is 1. The number of ether oxygens (including phenoxy) is 2. The Kier molecular flexibility index (Phi) is 8.60. The Morgan fingerprint density at radius 2 is 1.78 bits per heavy atom. The number of carbonyl (C=O) groups excluding carboxylic acids is 2. The van der Waals surface area contributed by atoms with E-state index in [4.69, 9.17) is 13.9 Å². The summed E-state index contributed by atoms with van der Waals surface area (Å²) in [6, 6.07) is 15.2. The molecular formula is C28H32N3O6+. The lowest BCUT2D eigenvalue weighted by Crippen LogP contribution is -2.82. The van der Waals surface area contributed by atoms with Crippen molar-refractivity contribution in [2.24, 2.45) is 10.6 Å². The molecule has 0 radical (unpaired) electrons. The second-order valence-electron chi connectivity index (χ2n) is 10.5. The van der Waals surface area contributed by atoms with Crippen LogP contribution in [0.15, 0.2) is 70.5 Å². The van der Waals surface area contributed by atoms with Gasteiger partial charge in [0.1, 0.15) is 5.75 Å². The SMILES string of the molecule is CC(C)(C)CC(C)(C)c1ccc(OCC(=O)N/[NH+]=C/c2ccc(OC(=O)c3ccco3)c(N=O)c2)cc1. The van der Waals surface area contributed by atoms with Crippen molar-refractivity contribution >= 4 is 23.8 Å². The van der Waals surface area contributed by atoms with Crippen LogP contribution in [0.4, 0.5) is 5.69 Å². The van der Waals surface area contributed by atoms with Gasteiger partial charge in [-0.3, -0.25) is 4.79 Å². The molecule has 0 saturated carbocycles. The second-order valence-corrected chi connectivity index (χ2v) is 10.5. The molecule has 0 bridgehead atoms. The summed E-state index contributed by atoms with van der Waals surface area (Å²) in [5.41, 5.74) is 4.36. The molecule has 1 heterocycles. The minimum Gasteiger partial charge on any atom is -0.484 e. The first-order valence-corrected chi connectivity index (χ1v) is 11.8. The van der Waals surface area contributed by atoms with Gasteiger partial charge in [-0.15, -0.1) is 15.4 Å². The van der Waals surface area contributed by atoms with E-state index in [1.807, 2.05) is 24.3 Å². The Morgan fingerprint density at radius 3 is 2.41 bits per heavy atom. The number of amides is 1. The predicted molar refractivity (Wildman–Crippen MR) is 139 cm³/mol. The molecule has 2 N–H and O–H groups in total. The number of hydrazine groups is 1. The third-order valence-corrected chi connectivity index (χ3v) is 5.43. The van der Waals surface area contributed by atoms with Crippen LogP contribution in [0.5, 0.6) is 11.5 Å². The van der Waals surface area contributed by atoms with Crippen molar-refractivity contribution in [2.75, 3.05) is 6.61 Å². The first-order chi connectivity index (χ1) is 17.5. The van der Waals surface area contributed by atoms with Gasteiger partial charge in [-0.25, -0.2) is 4.79 Å². The zero-order valence-electron chi connectivity index (χ0n) is 21.7. The number of nitroso groups, excluding NO2 is 1. The highest BCUT2D eigenvalue weighted by Crippen LogP contribution is 2.36. The van der Waals surface area contributed by atoms with E-state index in [0.29, 0.717) is 11.3 Å². The number of rotatable bonds is 10. The minimum atomic E-state index is -0.750. The summed E-state index contributed by atoms with van der Waals surface area (Å²) in [6.07, 6.45) is 3.83. The molecule has 0 spiro atoms. The van der Waals surface area contributed by atoms with Crippen molar-refractivity contribution in [3.05, 3.63) is 82.7 Å². The molecular weight excluding hydrogens is 474 g/mol. The van der Waals surface area contributed by atoms with E-state index in [0.717, 1.165) is 6.42 Å². The number of nitrogens with one attached hydrogen (secondary N) is 2. The van der Waals surface area contributed by atoms with Crippen LogP contribution in [0.1, 0.15) is 62.7 Å². The number of carbonyl (C=O) groups is 2. The number of benzene rings is 2. The standard InChI is InChI=1S/C28H31N3O6/c1-27(2,3)18-28(4,5)20-9-11-21(12-10-20)36-17-25(32)30-29-16-19-8-13-23(22(15-19)31-34)37-26(33)24-7-6-14-35-24/h6-16H,17-18H2,1-5H3,(H,30,32)/p+1/b29-16+. The molecule has 0 saturated heterocycles. The number of furan rings is 1. The van der Waals surface area contributed by atoms with Crippen LogP contribution < -0.4 is 20.0 Å². The average molecular weight is 507 g/mol. The zero-order valence-corrected chi connectivity index (χ0v) is 21.7. The van der Waals surface area contributed by atoms with Crippen LogP contribution in [0.25, 0.3) is 0 Å². The van der Waals surface area contributed by atoms with Crippen LogP contribution in [0.2, 0.25) is 0 Å². The quantitative estimate of drug-likeness (QED) is 0.140. The van der Waals surface area contributed by atoms with Gasteiger partial charge in [-0.2, -0.15) is 0 Å². The summed E-state index contributed by atoms with van der Waals surface area (Å²) in [6.45, 7) is 10.9. The molecule has 1 amide bonds. The van der Waals surface area contributed by atoms with Crippen molar-refractivity contribution in [1.29, 1.82) is 0 Å². The molecule has 37 heavy (non-hydrogen) atoms. The highest BCUT2D eigenvalue weighted by molar-refractivity contribution is 5.89. The Hall–Kier alpha value is -4.27. The summed E-state index contributed by atoms with van der Waals surface area (Å²) in [4.78, 5) is 35.4. The lowest BCUT2D eigenvalue weighted by molar-refractivity contribution is -0.506. The normalized spacial score (nSPS) is 11.8. The molecule has 0 aliphatic carbocycles. The van der Waals surface area contributed by atoms with Crippen LogP contribution in [-0.2, 0) is 10.2 Å². The van der Waals surface area contributed by atoms with Crippen molar-refractivity contribution < 1.29 is 28.6 Å².